The van der Waals surface area contributed by atoms with Crippen LogP contribution in [0.2, 0.25) is 0 Å². The quantitative estimate of drug-likeness (QED) is 0.380. The minimum absolute atomic E-state index is 0.160. The second-order valence-corrected chi connectivity index (χ2v) is 8.80. The average Bonchev–Trinajstić information content (AvgIpc) is 3.20. The van der Waals surface area contributed by atoms with Crippen LogP contribution in [0.1, 0.15) is 32.0 Å². The van der Waals surface area contributed by atoms with E-state index < -0.39 is 0 Å². The first-order chi connectivity index (χ1) is 15.8. The predicted molar refractivity (Wildman–Crippen MR) is 130 cm³/mol. The number of nitrogens with zero attached hydrogens (tertiary/aromatic N) is 3. The van der Waals surface area contributed by atoms with Gasteiger partial charge in [-0.2, -0.15) is 5.10 Å². The number of pyridine rings is 1. The van der Waals surface area contributed by atoms with E-state index in [4.69, 9.17) is 9.84 Å². The molecule has 4 rings (SSSR count). The van der Waals surface area contributed by atoms with Gasteiger partial charge < -0.3 is 10.1 Å². The fourth-order valence-corrected chi connectivity index (χ4v) is 3.22. The molecule has 0 saturated heterocycles. The molecule has 0 atom stereocenters. The van der Waals surface area contributed by atoms with Gasteiger partial charge in [-0.1, -0.05) is 32.9 Å². The molecule has 0 radical (unpaired) electrons. The van der Waals surface area contributed by atoms with Crippen molar-refractivity contribution in [1.82, 2.24) is 14.8 Å². The van der Waals surface area contributed by atoms with Crippen molar-refractivity contribution in [2.75, 3.05) is 10.6 Å². The summed E-state index contributed by atoms with van der Waals surface area (Å²) < 4.78 is 7.53. The van der Waals surface area contributed by atoms with Crippen molar-refractivity contribution >= 4 is 17.5 Å². The van der Waals surface area contributed by atoms with E-state index in [1.54, 1.807) is 53.5 Å². The highest BCUT2D eigenvalue weighted by Crippen LogP contribution is 2.27. The van der Waals surface area contributed by atoms with Crippen molar-refractivity contribution in [2.24, 2.45) is 0 Å². The number of anilines is 2. The molecule has 33 heavy (non-hydrogen) atoms. The fraction of sp³-hybridized carbons (Fsp3) is 0.192. The lowest BCUT2D eigenvalue weighted by Crippen LogP contribution is -2.21. The second-order valence-electron chi connectivity index (χ2n) is 8.80. The van der Waals surface area contributed by atoms with Crippen LogP contribution in [0.15, 0.2) is 79.1 Å². The molecule has 7 heteroatoms. The third-order valence-electron chi connectivity index (χ3n) is 4.96. The number of urea groups is 1. The van der Waals surface area contributed by atoms with Crippen LogP contribution in [0, 0.1) is 6.92 Å². The molecule has 2 N–H and O–H groups in total. The Labute approximate surface area is 193 Å². The monoisotopic (exact) mass is 441 g/mol. The Hall–Kier alpha value is -4.13. The summed E-state index contributed by atoms with van der Waals surface area (Å²) in [5.74, 6) is 1.96. The van der Waals surface area contributed by atoms with Gasteiger partial charge in [0.25, 0.3) is 0 Å². The topological polar surface area (TPSA) is 81.1 Å². The Morgan fingerprint density at radius 1 is 0.909 bits per heavy atom. The van der Waals surface area contributed by atoms with Gasteiger partial charge in [-0.3, -0.25) is 10.3 Å². The van der Waals surface area contributed by atoms with E-state index in [9.17, 15) is 4.79 Å². The van der Waals surface area contributed by atoms with E-state index in [0.29, 0.717) is 23.0 Å². The van der Waals surface area contributed by atoms with Crippen molar-refractivity contribution < 1.29 is 9.53 Å². The van der Waals surface area contributed by atoms with E-state index in [2.05, 4.69) is 36.4 Å². The Kier molecular flexibility index (Phi) is 6.13. The summed E-state index contributed by atoms with van der Waals surface area (Å²) in [6.07, 6.45) is 3.34. The molecule has 0 fully saturated rings. The molecule has 2 amide bonds. The lowest BCUT2D eigenvalue weighted by atomic mass is 9.92. The Bertz CT molecular complexity index is 1240. The van der Waals surface area contributed by atoms with Crippen LogP contribution in [-0.2, 0) is 5.41 Å². The van der Waals surface area contributed by atoms with Gasteiger partial charge in [0, 0.05) is 29.6 Å². The van der Waals surface area contributed by atoms with Crippen LogP contribution in [0.5, 0.6) is 11.5 Å². The van der Waals surface area contributed by atoms with Gasteiger partial charge in [0.15, 0.2) is 0 Å². The SMILES string of the molecule is Cc1cccc(-n2nc(C(C)(C)C)cc2NC(=O)Nc2ccc(Oc3ccncc3)cc2)c1. The molecule has 0 aliphatic heterocycles. The summed E-state index contributed by atoms with van der Waals surface area (Å²) in [5, 5.41) is 10.6. The number of carbonyl (C=O) groups excluding carboxylic acids is 1. The summed E-state index contributed by atoms with van der Waals surface area (Å²) in [6.45, 7) is 8.31. The molecule has 168 valence electrons. The van der Waals surface area contributed by atoms with Crippen LogP contribution in [0.4, 0.5) is 16.3 Å². The molecule has 2 aromatic heterocycles. The molecule has 0 saturated carbocycles. The molecule has 7 nitrogen and oxygen atoms in total. The fourth-order valence-electron chi connectivity index (χ4n) is 3.22. The van der Waals surface area contributed by atoms with Crippen LogP contribution >= 0.6 is 0 Å². The summed E-state index contributed by atoms with van der Waals surface area (Å²) in [6, 6.07) is 20.3. The lowest BCUT2D eigenvalue weighted by molar-refractivity contribution is 0.262. The van der Waals surface area contributed by atoms with Crippen molar-refractivity contribution in [1.29, 1.82) is 0 Å². The normalized spacial score (nSPS) is 11.2. The van der Waals surface area contributed by atoms with Crippen LogP contribution in [-0.4, -0.2) is 20.8 Å². The molecule has 0 unspecified atom stereocenters. The van der Waals surface area contributed by atoms with Crippen LogP contribution < -0.4 is 15.4 Å². The number of amides is 2. The van der Waals surface area contributed by atoms with Gasteiger partial charge in [-0.15, -0.1) is 0 Å². The number of hydrogen-bond acceptors (Lipinski definition) is 4. The molecule has 0 aliphatic carbocycles. The zero-order valence-corrected chi connectivity index (χ0v) is 19.2. The molecular formula is C26H27N5O2. The zero-order chi connectivity index (χ0) is 23.4. The van der Waals surface area contributed by atoms with E-state index in [1.165, 1.54) is 0 Å². The van der Waals surface area contributed by atoms with Gasteiger partial charge in [0.05, 0.1) is 11.4 Å². The van der Waals surface area contributed by atoms with Crippen molar-refractivity contribution in [2.45, 2.75) is 33.1 Å². The minimum Gasteiger partial charge on any atom is -0.457 e. The van der Waals surface area contributed by atoms with Crippen LogP contribution in [0.25, 0.3) is 5.69 Å². The van der Waals surface area contributed by atoms with Gasteiger partial charge >= 0.3 is 6.03 Å². The summed E-state index contributed by atoms with van der Waals surface area (Å²) in [7, 11) is 0. The predicted octanol–water partition coefficient (Wildman–Crippen LogP) is 6.31. The summed E-state index contributed by atoms with van der Waals surface area (Å²) in [5.41, 5.74) is 3.37. The largest absolute Gasteiger partial charge is 0.457 e. The third-order valence-corrected chi connectivity index (χ3v) is 4.96. The molecule has 2 heterocycles. The number of aromatic nitrogens is 3. The minimum atomic E-state index is -0.355. The molecule has 2 aromatic carbocycles. The third kappa shape index (κ3) is 5.57. The highest BCUT2D eigenvalue weighted by Gasteiger charge is 2.21. The van der Waals surface area contributed by atoms with E-state index in [0.717, 1.165) is 16.9 Å². The molecule has 0 bridgehead atoms. The van der Waals surface area contributed by atoms with Gasteiger partial charge in [0.1, 0.15) is 17.3 Å². The maximum atomic E-state index is 12.8. The van der Waals surface area contributed by atoms with Crippen LogP contribution in [0.3, 0.4) is 0 Å². The number of ether oxygens (including phenoxy) is 1. The van der Waals surface area contributed by atoms with Gasteiger partial charge in [-0.05, 0) is 61.0 Å². The van der Waals surface area contributed by atoms with Crippen molar-refractivity contribution in [3.05, 3.63) is 90.4 Å². The maximum absolute atomic E-state index is 12.8. The Balaban J connectivity index is 1.49. The number of hydrogen-bond donors (Lipinski definition) is 2. The number of carbonyl (C=O) groups is 1. The Morgan fingerprint density at radius 3 is 2.27 bits per heavy atom. The van der Waals surface area contributed by atoms with E-state index >= 15 is 0 Å². The first-order valence-electron chi connectivity index (χ1n) is 10.7. The van der Waals surface area contributed by atoms with Crippen molar-refractivity contribution in [3.8, 4) is 17.2 Å². The standard InChI is InChI=1S/C26H27N5O2/c1-18-6-5-7-20(16-18)31-24(17-23(30-31)26(2,3)4)29-25(32)28-19-8-10-21(11-9-19)33-22-12-14-27-15-13-22/h5-17H,1-4H3,(H2,28,29,32). The zero-order valence-electron chi connectivity index (χ0n) is 19.2. The average molecular weight is 442 g/mol. The van der Waals surface area contributed by atoms with E-state index in [-0.39, 0.29) is 11.4 Å². The molecule has 0 aliphatic rings. The van der Waals surface area contributed by atoms with Gasteiger partial charge in [0.2, 0.25) is 0 Å². The number of rotatable bonds is 5. The maximum Gasteiger partial charge on any atom is 0.324 e. The van der Waals surface area contributed by atoms with Crippen molar-refractivity contribution in [3.63, 3.8) is 0 Å². The number of nitrogens with one attached hydrogen (secondary N) is 2. The summed E-state index contributed by atoms with van der Waals surface area (Å²) >= 11 is 0. The Morgan fingerprint density at radius 2 is 1.61 bits per heavy atom. The molecule has 4 aromatic rings. The van der Waals surface area contributed by atoms with Gasteiger partial charge in [-0.25, -0.2) is 9.48 Å². The second kappa shape index (κ2) is 9.16. The first-order valence-corrected chi connectivity index (χ1v) is 10.7. The number of benzene rings is 2. The summed E-state index contributed by atoms with van der Waals surface area (Å²) in [4.78, 5) is 16.7. The lowest BCUT2D eigenvalue weighted by Gasteiger charge is -2.14. The number of aryl methyl sites for hydroxylation is 1. The molecular weight excluding hydrogens is 414 g/mol. The molecule has 0 spiro atoms. The smallest absolute Gasteiger partial charge is 0.324 e. The van der Waals surface area contributed by atoms with E-state index in [1.807, 2.05) is 37.3 Å². The highest BCUT2D eigenvalue weighted by atomic mass is 16.5. The highest BCUT2D eigenvalue weighted by molar-refractivity contribution is 5.99. The first kappa shape index (κ1) is 22.1.